The topological polar surface area (TPSA) is 76.7 Å². The standard InChI is InChI=1S/C23H26N2O4/c26-22(24-18-7-3-1-4-8-18)28-20-13-11-17-15-16(20)12-14-21(17)29-23(27)25-19-9-5-2-6-10-19/h1-10,16-17,20-21H,11-15H2,(H,24,26)(H,25,27)/t16-,17-,20-,21+/m0/s1. The quantitative estimate of drug-likeness (QED) is 0.725. The highest BCUT2D eigenvalue weighted by Gasteiger charge is 2.41. The summed E-state index contributed by atoms with van der Waals surface area (Å²) in [5.74, 6) is 0.652. The molecule has 4 atom stereocenters. The molecule has 0 radical (unpaired) electrons. The van der Waals surface area contributed by atoms with Crippen LogP contribution in [0.25, 0.3) is 0 Å². The number of carbonyl (C=O) groups excluding carboxylic acids is 2. The number of amides is 2. The van der Waals surface area contributed by atoms with Gasteiger partial charge < -0.3 is 9.47 Å². The first-order chi connectivity index (χ1) is 14.2. The van der Waals surface area contributed by atoms with Gasteiger partial charge in [-0.25, -0.2) is 9.59 Å². The fourth-order valence-electron chi connectivity index (χ4n) is 4.45. The fraction of sp³-hybridized carbons (Fsp3) is 0.391. The lowest BCUT2D eigenvalue weighted by Gasteiger charge is -2.43. The molecule has 0 heterocycles. The molecule has 6 heteroatoms. The van der Waals surface area contributed by atoms with E-state index in [4.69, 9.17) is 9.47 Å². The maximum Gasteiger partial charge on any atom is 0.411 e. The Kier molecular flexibility index (Phi) is 5.98. The predicted octanol–water partition coefficient (Wildman–Crippen LogP) is 5.43. The highest BCUT2D eigenvalue weighted by molar-refractivity contribution is 5.85. The van der Waals surface area contributed by atoms with E-state index in [9.17, 15) is 9.59 Å². The number of ether oxygens (including phenoxy) is 2. The number of nitrogens with one attached hydrogen (secondary N) is 2. The Morgan fingerprint density at radius 2 is 1.07 bits per heavy atom. The summed E-state index contributed by atoms with van der Waals surface area (Å²) in [6.45, 7) is 0. The molecule has 2 N–H and O–H groups in total. The molecule has 0 aliphatic heterocycles. The van der Waals surface area contributed by atoms with Crippen LogP contribution in [0, 0.1) is 11.8 Å². The smallest absolute Gasteiger partial charge is 0.411 e. The minimum absolute atomic E-state index is 0.0749. The molecule has 0 aromatic heterocycles. The fourth-order valence-corrected chi connectivity index (χ4v) is 4.45. The number of para-hydroxylation sites is 2. The molecule has 2 amide bonds. The van der Waals surface area contributed by atoms with Gasteiger partial charge in [-0.3, -0.25) is 10.6 Å². The molecule has 2 aliphatic rings. The van der Waals surface area contributed by atoms with E-state index < -0.39 is 12.2 Å². The van der Waals surface area contributed by atoms with Gasteiger partial charge in [0.25, 0.3) is 0 Å². The summed E-state index contributed by atoms with van der Waals surface area (Å²) in [5.41, 5.74) is 1.46. The molecule has 2 aromatic carbocycles. The molecule has 29 heavy (non-hydrogen) atoms. The van der Waals surface area contributed by atoms with Gasteiger partial charge in [0.05, 0.1) is 0 Å². The zero-order valence-corrected chi connectivity index (χ0v) is 16.3. The van der Waals surface area contributed by atoms with Gasteiger partial charge in [-0.15, -0.1) is 0 Å². The molecule has 0 unspecified atom stereocenters. The Bertz CT molecular complexity index is 758. The van der Waals surface area contributed by atoms with Crippen LogP contribution in [0.3, 0.4) is 0 Å². The Hall–Kier alpha value is -3.02. The lowest BCUT2D eigenvalue weighted by molar-refractivity contribution is -0.0444. The van der Waals surface area contributed by atoms with Crippen molar-refractivity contribution in [3.8, 4) is 0 Å². The number of hydrogen-bond donors (Lipinski definition) is 2. The molecule has 152 valence electrons. The number of hydrogen-bond acceptors (Lipinski definition) is 4. The van der Waals surface area contributed by atoms with E-state index in [0.29, 0.717) is 11.8 Å². The van der Waals surface area contributed by atoms with Gasteiger partial charge in [0.2, 0.25) is 0 Å². The van der Waals surface area contributed by atoms with Crippen molar-refractivity contribution in [3.05, 3.63) is 60.7 Å². The lowest BCUT2D eigenvalue weighted by Crippen LogP contribution is -2.43. The summed E-state index contributed by atoms with van der Waals surface area (Å²) in [6.07, 6.45) is 3.36. The summed E-state index contributed by atoms with van der Waals surface area (Å²) in [5, 5.41) is 5.56. The lowest BCUT2D eigenvalue weighted by atomic mass is 9.69. The van der Waals surface area contributed by atoms with Crippen molar-refractivity contribution < 1.29 is 19.1 Å². The molecule has 4 rings (SSSR count). The Balaban J connectivity index is 1.25. The second-order valence-electron chi connectivity index (χ2n) is 7.78. The van der Waals surface area contributed by atoms with Crippen LogP contribution in [0.5, 0.6) is 0 Å². The number of carbonyl (C=O) groups is 2. The third kappa shape index (κ3) is 5.08. The highest BCUT2D eigenvalue weighted by Crippen LogP contribution is 2.42. The Labute approximate surface area is 170 Å². The van der Waals surface area contributed by atoms with Crippen LogP contribution in [0.4, 0.5) is 21.0 Å². The molecule has 2 aromatic rings. The van der Waals surface area contributed by atoms with Crippen LogP contribution in [-0.2, 0) is 9.47 Å². The molecule has 2 fully saturated rings. The molecule has 2 bridgehead atoms. The molecular weight excluding hydrogens is 368 g/mol. The zero-order chi connectivity index (χ0) is 20.1. The first kappa shape index (κ1) is 19.3. The van der Waals surface area contributed by atoms with Crippen LogP contribution in [0.2, 0.25) is 0 Å². The molecule has 2 saturated carbocycles. The normalized spacial score (nSPS) is 25.5. The van der Waals surface area contributed by atoms with Crippen LogP contribution in [0.15, 0.2) is 60.7 Å². The molecular formula is C23H26N2O4. The van der Waals surface area contributed by atoms with Crippen molar-refractivity contribution in [2.75, 3.05) is 10.6 Å². The van der Waals surface area contributed by atoms with Crippen molar-refractivity contribution >= 4 is 23.6 Å². The van der Waals surface area contributed by atoms with Crippen LogP contribution < -0.4 is 10.6 Å². The van der Waals surface area contributed by atoms with Crippen molar-refractivity contribution in [1.82, 2.24) is 0 Å². The van der Waals surface area contributed by atoms with E-state index in [2.05, 4.69) is 10.6 Å². The number of anilines is 2. The summed E-state index contributed by atoms with van der Waals surface area (Å²) >= 11 is 0. The van der Waals surface area contributed by atoms with Crippen LogP contribution in [-0.4, -0.2) is 24.4 Å². The number of benzene rings is 2. The second-order valence-corrected chi connectivity index (χ2v) is 7.78. The highest BCUT2D eigenvalue weighted by atomic mass is 16.6. The van der Waals surface area contributed by atoms with Gasteiger partial charge in [-0.2, -0.15) is 0 Å². The molecule has 2 aliphatic carbocycles. The number of fused-ring (bicyclic) bond motifs is 2. The number of rotatable bonds is 4. The average molecular weight is 394 g/mol. The van der Waals surface area contributed by atoms with Crippen molar-refractivity contribution in [2.24, 2.45) is 11.8 Å². The maximum atomic E-state index is 12.2. The molecule has 6 nitrogen and oxygen atoms in total. The predicted molar refractivity (Wildman–Crippen MR) is 111 cm³/mol. The third-order valence-electron chi connectivity index (χ3n) is 5.86. The minimum Gasteiger partial charge on any atom is -0.446 e. The molecule has 0 saturated heterocycles. The Morgan fingerprint density at radius 3 is 1.48 bits per heavy atom. The van der Waals surface area contributed by atoms with E-state index >= 15 is 0 Å². The maximum absolute atomic E-state index is 12.2. The van der Waals surface area contributed by atoms with Crippen molar-refractivity contribution in [2.45, 2.75) is 44.3 Å². The minimum atomic E-state index is -0.403. The first-order valence-corrected chi connectivity index (χ1v) is 10.2. The van der Waals surface area contributed by atoms with Gasteiger partial charge >= 0.3 is 12.2 Å². The summed E-state index contributed by atoms with van der Waals surface area (Å²) in [4.78, 5) is 24.4. The monoisotopic (exact) mass is 394 g/mol. The van der Waals surface area contributed by atoms with Gasteiger partial charge in [0.1, 0.15) is 12.2 Å². The van der Waals surface area contributed by atoms with E-state index in [1.165, 1.54) is 0 Å². The zero-order valence-electron chi connectivity index (χ0n) is 16.3. The summed E-state index contributed by atoms with van der Waals surface area (Å²) < 4.78 is 11.4. The SMILES string of the molecule is O=C(Nc1ccccc1)O[C@H]1CC[C@H]2C[C@@H]1CC[C@H]2OC(=O)Nc1ccccc1. The van der Waals surface area contributed by atoms with E-state index in [1.54, 1.807) is 0 Å². The largest absolute Gasteiger partial charge is 0.446 e. The second kappa shape index (κ2) is 8.99. The van der Waals surface area contributed by atoms with Gasteiger partial charge in [0.15, 0.2) is 0 Å². The molecule has 0 spiro atoms. The van der Waals surface area contributed by atoms with E-state index in [1.807, 2.05) is 60.7 Å². The van der Waals surface area contributed by atoms with Crippen LogP contribution in [0.1, 0.15) is 32.1 Å². The third-order valence-corrected chi connectivity index (χ3v) is 5.86. The van der Waals surface area contributed by atoms with Gasteiger partial charge in [0, 0.05) is 11.4 Å². The summed E-state index contributed by atoms with van der Waals surface area (Å²) in [7, 11) is 0. The first-order valence-electron chi connectivity index (χ1n) is 10.2. The van der Waals surface area contributed by atoms with Gasteiger partial charge in [-0.1, -0.05) is 36.4 Å². The summed E-state index contributed by atoms with van der Waals surface area (Å²) in [6, 6.07) is 18.6. The van der Waals surface area contributed by atoms with E-state index in [-0.39, 0.29) is 12.2 Å². The average Bonchev–Trinajstić information content (AvgIpc) is 2.73. The van der Waals surface area contributed by atoms with Gasteiger partial charge in [-0.05, 0) is 68.2 Å². The Morgan fingerprint density at radius 1 is 0.655 bits per heavy atom. The van der Waals surface area contributed by atoms with Crippen molar-refractivity contribution in [3.63, 3.8) is 0 Å². The van der Waals surface area contributed by atoms with Crippen LogP contribution >= 0.6 is 0 Å². The van der Waals surface area contributed by atoms with Crippen molar-refractivity contribution in [1.29, 1.82) is 0 Å². The van der Waals surface area contributed by atoms with E-state index in [0.717, 1.165) is 43.5 Å².